The standard InChI is InChI=1S/C24H25NO7/c1-29-11-3-10-25-21(15-4-7-17(30-2)8-5-15)20(23(27)24(25)28)22(26)16-6-9-18-19(14-16)32-13-12-31-18/h4-9,14,21,26H,3,10-13H2,1-2H3/b22-20+. The first-order valence-electron chi connectivity index (χ1n) is 10.4. The SMILES string of the molecule is COCCCN1C(=O)C(=O)/C(=C(/O)c2ccc3c(c2)OCCO3)C1c1ccc(OC)cc1. The number of likely N-dealkylation sites (tertiary alicyclic amines) is 1. The van der Waals surface area contributed by atoms with E-state index in [4.69, 9.17) is 18.9 Å². The van der Waals surface area contributed by atoms with Crippen LogP contribution in [-0.4, -0.2) is 62.3 Å². The maximum Gasteiger partial charge on any atom is 0.295 e. The minimum atomic E-state index is -0.731. The Bertz CT molecular complexity index is 1040. The molecule has 8 nitrogen and oxygen atoms in total. The summed E-state index contributed by atoms with van der Waals surface area (Å²) in [7, 11) is 3.14. The van der Waals surface area contributed by atoms with E-state index in [-0.39, 0.29) is 11.3 Å². The fourth-order valence-electron chi connectivity index (χ4n) is 3.97. The third kappa shape index (κ3) is 4.01. The molecule has 2 aliphatic heterocycles. The molecule has 1 unspecified atom stereocenters. The van der Waals surface area contributed by atoms with Crippen LogP contribution in [-0.2, 0) is 14.3 Å². The summed E-state index contributed by atoms with van der Waals surface area (Å²) in [5.41, 5.74) is 1.11. The van der Waals surface area contributed by atoms with E-state index in [0.29, 0.717) is 61.2 Å². The van der Waals surface area contributed by atoms with Crippen molar-refractivity contribution in [1.82, 2.24) is 4.90 Å². The number of carbonyl (C=O) groups excluding carboxylic acids is 2. The average molecular weight is 439 g/mol. The van der Waals surface area contributed by atoms with Crippen LogP contribution in [0.5, 0.6) is 17.2 Å². The van der Waals surface area contributed by atoms with Crippen molar-refractivity contribution in [2.24, 2.45) is 0 Å². The molecule has 0 bridgehead atoms. The zero-order valence-electron chi connectivity index (χ0n) is 18.0. The van der Waals surface area contributed by atoms with Crippen molar-refractivity contribution in [2.75, 3.05) is 40.6 Å². The van der Waals surface area contributed by atoms with Gasteiger partial charge in [0.15, 0.2) is 11.5 Å². The fourth-order valence-corrected chi connectivity index (χ4v) is 3.97. The summed E-state index contributed by atoms with van der Waals surface area (Å²) in [5.74, 6) is 0.0686. The number of amides is 1. The first kappa shape index (κ1) is 21.7. The Balaban J connectivity index is 1.79. The summed E-state index contributed by atoms with van der Waals surface area (Å²) in [6, 6.07) is 11.3. The van der Waals surface area contributed by atoms with Crippen LogP contribution in [0.15, 0.2) is 48.0 Å². The first-order valence-corrected chi connectivity index (χ1v) is 10.4. The van der Waals surface area contributed by atoms with E-state index >= 15 is 0 Å². The Labute approximate surface area is 185 Å². The average Bonchev–Trinajstić information content (AvgIpc) is 3.08. The van der Waals surface area contributed by atoms with Gasteiger partial charge in [0.05, 0.1) is 18.7 Å². The number of aliphatic hydroxyl groups excluding tert-OH is 1. The van der Waals surface area contributed by atoms with E-state index in [1.165, 1.54) is 4.90 Å². The van der Waals surface area contributed by atoms with Crippen LogP contribution < -0.4 is 14.2 Å². The van der Waals surface area contributed by atoms with Gasteiger partial charge in [-0.2, -0.15) is 0 Å². The van der Waals surface area contributed by atoms with Gasteiger partial charge < -0.3 is 29.0 Å². The second-order valence-electron chi connectivity index (χ2n) is 7.47. The lowest BCUT2D eigenvalue weighted by molar-refractivity contribution is -0.140. The highest BCUT2D eigenvalue weighted by molar-refractivity contribution is 6.46. The van der Waals surface area contributed by atoms with Crippen LogP contribution in [0.25, 0.3) is 5.76 Å². The number of ether oxygens (including phenoxy) is 4. The van der Waals surface area contributed by atoms with Gasteiger partial charge in [-0.05, 0) is 42.3 Å². The van der Waals surface area contributed by atoms with Crippen LogP contribution in [0.4, 0.5) is 0 Å². The molecule has 0 aliphatic carbocycles. The van der Waals surface area contributed by atoms with Gasteiger partial charge in [-0.3, -0.25) is 9.59 Å². The number of rotatable bonds is 7. The number of Topliss-reactive ketones (excluding diaryl/α,β-unsaturated/α-hetero) is 1. The molecule has 2 aromatic carbocycles. The fraction of sp³-hybridized carbons (Fsp3) is 0.333. The Morgan fingerprint density at radius 3 is 2.47 bits per heavy atom. The second-order valence-corrected chi connectivity index (χ2v) is 7.47. The van der Waals surface area contributed by atoms with Crippen LogP contribution in [0, 0.1) is 0 Å². The predicted octanol–water partition coefficient (Wildman–Crippen LogP) is 2.92. The zero-order chi connectivity index (χ0) is 22.7. The van der Waals surface area contributed by atoms with Crippen LogP contribution >= 0.6 is 0 Å². The van der Waals surface area contributed by atoms with Gasteiger partial charge in [-0.15, -0.1) is 0 Å². The molecule has 168 valence electrons. The van der Waals surface area contributed by atoms with Gasteiger partial charge in [0.25, 0.3) is 11.7 Å². The summed E-state index contributed by atoms with van der Waals surface area (Å²) >= 11 is 0. The maximum absolute atomic E-state index is 13.0. The molecule has 1 amide bonds. The van der Waals surface area contributed by atoms with E-state index in [0.717, 1.165) is 0 Å². The third-order valence-corrected chi connectivity index (χ3v) is 5.53. The lowest BCUT2D eigenvalue weighted by Crippen LogP contribution is -2.31. The van der Waals surface area contributed by atoms with Crippen molar-refractivity contribution in [3.05, 3.63) is 59.2 Å². The lowest BCUT2D eigenvalue weighted by Gasteiger charge is -2.25. The Kier molecular flexibility index (Phi) is 6.32. The minimum Gasteiger partial charge on any atom is -0.507 e. The molecule has 0 aromatic heterocycles. The molecule has 4 rings (SSSR count). The zero-order valence-corrected chi connectivity index (χ0v) is 18.0. The summed E-state index contributed by atoms with van der Waals surface area (Å²) in [6.07, 6.45) is 0.556. The molecular weight excluding hydrogens is 414 g/mol. The number of hydrogen-bond donors (Lipinski definition) is 1. The highest BCUT2D eigenvalue weighted by Gasteiger charge is 2.45. The van der Waals surface area contributed by atoms with Gasteiger partial charge in [-0.1, -0.05) is 12.1 Å². The summed E-state index contributed by atoms with van der Waals surface area (Å²) in [4.78, 5) is 27.4. The predicted molar refractivity (Wildman–Crippen MR) is 116 cm³/mol. The van der Waals surface area contributed by atoms with Crippen LogP contribution in [0.3, 0.4) is 0 Å². The molecule has 1 saturated heterocycles. The number of fused-ring (bicyclic) bond motifs is 1. The molecule has 2 aliphatic rings. The monoisotopic (exact) mass is 439 g/mol. The number of methoxy groups -OCH3 is 2. The second kappa shape index (κ2) is 9.32. The first-order chi connectivity index (χ1) is 15.5. The highest BCUT2D eigenvalue weighted by Crippen LogP contribution is 2.41. The Morgan fingerprint density at radius 1 is 1.06 bits per heavy atom. The number of carbonyl (C=O) groups is 2. The topological polar surface area (TPSA) is 94.5 Å². The Morgan fingerprint density at radius 2 is 1.78 bits per heavy atom. The van der Waals surface area contributed by atoms with E-state index in [1.807, 2.05) is 0 Å². The quantitative estimate of drug-likeness (QED) is 0.307. The van der Waals surface area contributed by atoms with Crippen molar-refractivity contribution < 1.29 is 33.6 Å². The molecular formula is C24H25NO7. The highest BCUT2D eigenvalue weighted by atomic mass is 16.6. The van der Waals surface area contributed by atoms with Crippen molar-refractivity contribution >= 4 is 17.4 Å². The molecule has 1 fully saturated rings. The lowest BCUT2D eigenvalue weighted by atomic mass is 9.95. The third-order valence-electron chi connectivity index (χ3n) is 5.53. The van der Waals surface area contributed by atoms with E-state index in [9.17, 15) is 14.7 Å². The van der Waals surface area contributed by atoms with E-state index in [1.54, 1.807) is 56.7 Å². The van der Waals surface area contributed by atoms with Crippen LogP contribution in [0.2, 0.25) is 0 Å². The van der Waals surface area contributed by atoms with Crippen molar-refractivity contribution in [1.29, 1.82) is 0 Å². The Hall–Kier alpha value is -3.52. The molecule has 2 aromatic rings. The molecule has 0 saturated carbocycles. The number of ketones is 1. The number of aliphatic hydroxyl groups is 1. The molecule has 8 heteroatoms. The summed E-state index contributed by atoms with van der Waals surface area (Å²) in [5, 5.41) is 11.2. The van der Waals surface area contributed by atoms with Crippen molar-refractivity contribution in [3.63, 3.8) is 0 Å². The van der Waals surface area contributed by atoms with Crippen LogP contribution in [0.1, 0.15) is 23.6 Å². The smallest absolute Gasteiger partial charge is 0.295 e. The summed E-state index contributed by atoms with van der Waals surface area (Å²) in [6.45, 7) is 1.60. The minimum absolute atomic E-state index is 0.0364. The number of benzene rings is 2. The molecule has 0 spiro atoms. The maximum atomic E-state index is 13.0. The van der Waals surface area contributed by atoms with Gasteiger partial charge in [0.2, 0.25) is 0 Å². The van der Waals surface area contributed by atoms with Crippen molar-refractivity contribution in [3.8, 4) is 17.2 Å². The largest absolute Gasteiger partial charge is 0.507 e. The van der Waals surface area contributed by atoms with Crippen molar-refractivity contribution in [2.45, 2.75) is 12.5 Å². The molecule has 1 N–H and O–H groups in total. The van der Waals surface area contributed by atoms with E-state index < -0.39 is 17.7 Å². The molecule has 1 atom stereocenters. The number of nitrogens with zero attached hydrogens (tertiary/aromatic N) is 1. The van der Waals surface area contributed by atoms with Gasteiger partial charge in [0.1, 0.15) is 24.7 Å². The normalized spacial score (nSPS) is 19.3. The van der Waals surface area contributed by atoms with Gasteiger partial charge >= 0.3 is 0 Å². The summed E-state index contributed by atoms with van der Waals surface area (Å²) < 4.78 is 21.5. The number of hydrogen-bond acceptors (Lipinski definition) is 7. The van der Waals surface area contributed by atoms with Gasteiger partial charge in [0, 0.05) is 25.8 Å². The van der Waals surface area contributed by atoms with E-state index in [2.05, 4.69) is 0 Å². The molecule has 0 radical (unpaired) electrons. The molecule has 32 heavy (non-hydrogen) atoms. The molecule has 2 heterocycles. The van der Waals surface area contributed by atoms with Gasteiger partial charge in [-0.25, -0.2) is 0 Å².